The van der Waals surface area contributed by atoms with Gasteiger partial charge >= 0.3 is 5.97 Å². The largest absolute Gasteiger partial charge is 0.462 e. The molecule has 2 rings (SSSR count). The highest BCUT2D eigenvalue weighted by molar-refractivity contribution is 5.98. The Labute approximate surface area is 99.9 Å². The lowest BCUT2D eigenvalue weighted by Crippen LogP contribution is -2.10. The first-order chi connectivity index (χ1) is 8.27. The minimum Gasteiger partial charge on any atom is -0.462 e. The molecule has 0 bridgehead atoms. The Morgan fingerprint density at radius 1 is 1.53 bits per heavy atom. The maximum Gasteiger partial charge on any atom is 0.342 e. The summed E-state index contributed by atoms with van der Waals surface area (Å²) in [4.78, 5) is 22.7. The molecule has 0 atom stereocenters. The fourth-order valence-corrected chi connectivity index (χ4v) is 2.43. The number of hydrogen-bond acceptors (Lipinski definition) is 4. The summed E-state index contributed by atoms with van der Waals surface area (Å²) >= 11 is 0. The Morgan fingerprint density at radius 3 is 2.82 bits per heavy atom. The molecule has 17 heavy (non-hydrogen) atoms. The predicted octanol–water partition coefficient (Wildman–Crippen LogP) is 2.93. The summed E-state index contributed by atoms with van der Waals surface area (Å²) in [7, 11) is 0. The summed E-state index contributed by atoms with van der Waals surface area (Å²) in [6.07, 6.45) is 6.52. The Kier molecular flexibility index (Phi) is 3.61. The molecule has 0 aliphatic heterocycles. The summed E-state index contributed by atoms with van der Waals surface area (Å²) in [5.74, 6) is -0.0394. The van der Waals surface area contributed by atoms with Crippen molar-refractivity contribution in [2.75, 3.05) is 6.61 Å². The van der Waals surface area contributed by atoms with E-state index in [1.165, 1.54) is 6.26 Å². The van der Waals surface area contributed by atoms with Gasteiger partial charge in [-0.1, -0.05) is 12.8 Å². The van der Waals surface area contributed by atoms with E-state index >= 15 is 0 Å². The van der Waals surface area contributed by atoms with Crippen LogP contribution in [0, 0.1) is 0 Å². The highest BCUT2D eigenvalue weighted by atomic mass is 16.5. The van der Waals surface area contributed by atoms with Gasteiger partial charge in [-0.15, -0.1) is 0 Å². The van der Waals surface area contributed by atoms with Gasteiger partial charge in [-0.05, 0) is 25.7 Å². The lowest BCUT2D eigenvalue weighted by atomic mass is 9.95. The second kappa shape index (κ2) is 5.17. The predicted molar refractivity (Wildman–Crippen MR) is 61.3 cm³/mol. The molecule has 0 unspecified atom stereocenters. The molecule has 4 heteroatoms. The standard InChI is InChI=1S/C13H16O4/c1-2-16-13(15)12-10(8-17-11(12)7-14)9-5-3-4-6-9/h7-9H,2-6H2,1H3. The summed E-state index contributed by atoms with van der Waals surface area (Å²) < 4.78 is 10.1. The van der Waals surface area contributed by atoms with Crippen LogP contribution in [0.5, 0.6) is 0 Å². The van der Waals surface area contributed by atoms with E-state index in [4.69, 9.17) is 9.15 Å². The van der Waals surface area contributed by atoms with Crippen molar-refractivity contribution in [3.8, 4) is 0 Å². The van der Waals surface area contributed by atoms with E-state index in [0.29, 0.717) is 24.4 Å². The van der Waals surface area contributed by atoms with Gasteiger partial charge in [0.25, 0.3) is 0 Å². The first-order valence-corrected chi connectivity index (χ1v) is 6.01. The molecule has 1 aliphatic carbocycles. The van der Waals surface area contributed by atoms with Gasteiger partial charge in [-0.25, -0.2) is 4.79 Å². The van der Waals surface area contributed by atoms with Gasteiger partial charge in [-0.3, -0.25) is 4.79 Å². The van der Waals surface area contributed by atoms with Crippen LogP contribution in [0.3, 0.4) is 0 Å². The van der Waals surface area contributed by atoms with Crippen LogP contribution < -0.4 is 0 Å². The number of ether oxygens (including phenoxy) is 1. The van der Waals surface area contributed by atoms with Crippen LogP contribution in [-0.2, 0) is 4.74 Å². The van der Waals surface area contributed by atoms with Gasteiger partial charge in [0, 0.05) is 5.56 Å². The number of esters is 1. The zero-order valence-corrected chi connectivity index (χ0v) is 9.90. The lowest BCUT2D eigenvalue weighted by molar-refractivity contribution is 0.0521. The van der Waals surface area contributed by atoms with E-state index in [0.717, 1.165) is 31.2 Å². The van der Waals surface area contributed by atoms with Gasteiger partial charge in [-0.2, -0.15) is 0 Å². The Balaban J connectivity index is 2.34. The smallest absolute Gasteiger partial charge is 0.342 e. The zero-order valence-electron chi connectivity index (χ0n) is 9.90. The van der Waals surface area contributed by atoms with E-state index < -0.39 is 5.97 Å². The van der Waals surface area contributed by atoms with E-state index in [1.54, 1.807) is 6.92 Å². The van der Waals surface area contributed by atoms with Crippen molar-refractivity contribution in [1.29, 1.82) is 0 Å². The zero-order chi connectivity index (χ0) is 12.3. The quantitative estimate of drug-likeness (QED) is 0.595. The second-order valence-corrected chi connectivity index (χ2v) is 4.25. The molecule has 0 spiro atoms. The van der Waals surface area contributed by atoms with Crippen molar-refractivity contribution in [2.45, 2.75) is 38.5 Å². The fraction of sp³-hybridized carbons (Fsp3) is 0.538. The average Bonchev–Trinajstić information content (AvgIpc) is 2.97. The van der Waals surface area contributed by atoms with Crippen LogP contribution in [-0.4, -0.2) is 18.9 Å². The minimum absolute atomic E-state index is 0.0883. The number of rotatable bonds is 4. The van der Waals surface area contributed by atoms with Crippen LogP contribution in [0.2, 0.25) is 0 Å². The van der Waals surface area contributed by atoms with Gasteiger partial charge in [0.05, 0.1) is 12.9 Å². The molecule has 4 nitrogen and oxygen atoms in total. The molecule has 0 aromatic carbocycles. The molecule has 0 radical (unpaired) electrons. The van der Waals surface area contributed by atoms with Gasteiger partial charge in [0.15, 0.2) is 12.0 Å². The third-order valence-corrected chi connectivity index (χ3v) is 3.23. The Bertz CT molecular complexity index is 413. The third-order valence-electron chi connectivity index (χ3n) is 3.23. The third kappa shape index (κ3) is 2.25. The molecular formula is C13H16O4. The highest BCUT2D eigenvalue weighted by Gasteiger charge is 2.28. The first kappa shape index (κ1) is 11.9. The van der Waals surface area contributed by atoms with Crippen LogP contribution in [0.15, 0.2) is 10.7 Å². The fourth-order valence-electron chi connectivity index (χ4n) is 2.43. The molecule has 1 heterocycles. The lowest BCUT2D eigenvalue weighted by Gasteiger charge is -2.08. The van der Waals surface area contributed by atoms with Crippen LogP contribution in [0.4, 0.5) is 0 Å². The maximum absolute atomic E-state index is 11.8. The molecule has 1 saturated carbocycles. The van der Waals surface area contributed by atoms with Crippen molar-refractivity contribution in [3.05, 3.63) is 23.2 Å². The molecule has 92 valence electrons. The van der Waals surface area contributed by atoms with Crippen LogP contribution in [0.25, 0.3) is 0 Å². The van der Waals surface area contributed by atoms with Crippen molar-refractivity contribution < 1.29 is 18.7 Å². The summed E-state index contributed by atoms with van der Waals surface area (Å²) in [6, 6.07) is 0. The number of carbonyl (C=O) groups is 2. The van der Waals surface area contributed by atoms with E-state index in [9.17, 15) is 9.59 Å². The summed E-state index contributed by atoms with van der Waals surface area (Å²) in [5, 5.41) is 0. The van der Waals surface area contributed by atoms with Crippen LogP contribution >= 0.6 is 0 Å². The maximum atomic E-state index is 11.8. The first-order valence-electron chi connectivity index (χ1n) is 6.01. The molecule has 0 N–H and O–H groups in total. The molecule has 1 fully saturated rings. The van der Waals surface area contributed by atoms with Crippen LogP contribution in [0.1, 0.15) is 65.0 Å². The Hall–Kier alpha value is -1.58. The van der Waals surface area contributed by atoms with Crippen molar-refractivity contribution in [2.24, 2.45) is 0 Å². The molecule has 1 aliphatic rings. The Morgan fingerprint density at radius 2 is 2.24 bits per heavy atom. The van der Waals surface area contributed by atoms with E-state index in [2.05, 4.69) is 0 Å². The molecule has 0 amide bonds. The number of hydrogen-bond donors (Lipinski definition) is 0. The topological polar surface area (TPSA) is 56.5 Å². The average molecular weight is 236 g/mol. The van der Waals surface area contributed by atoms with E-state index in [1.807, 2.05) is 0 Å². The van der Waals surface area contributed by atoms with Gasteiger partial charge < -0.3 is 9.15 Å². The van der Waals surface area contributed by atoms with Crippen molar-refractivity contribution in [1.82, 2.24) is 0 Å². The molecule has 1 aromatic rings. The van der Waals surface area contributed by atoms with Crippen molar-refractivity contribution >= 4 is 12.3 Å². The van der Waals surface area contributed by atoms with Crippen molar-refractivity contribution in [3.63, 3.8) is 0 Å². The molecular weight excluding hydrogens is 220 g/mol. The minimum atomic E-state index is -0.453. The molecule has 1 aromatic heterocycles. The normalized spacial score (nSPS) is 16.1. The number of carbonyl (C=O) groups excluding carboxylic acids is 2. The molecule has 0 saturated heterocycles. The summed E-state index contributed by atoms with van der Waals surface area (Å²) in [5.41, 5.74) is 1.16. The van der Waals surface area contributed by atoms with E-state index in [-0.39, 0.29) is 5.76 Å². The van der Waals surface area contributed by atoms with Gasteiger partial charge in [0.2, 0.25) is 0 Å². The highest BCUT2D eigenvalue weighted by Crippen LogP contribution is 2.37. The van der Waals surface area contributed by atoms with Gasteiger partial charge in [0.1, 0.15) is 5.56 Å². The SMILES string of the molecule is CCOC(=O)c1c(C2CCCC2)coc1C=O. The monoisotopic (exact) mass is 236 g/mol. The number of aldehydes is 1. The second-order valence-electron chi connectivity index (χ2n) is 4.25. The number of furan rings is 1. The summed E-state index contributed by atoms with van der Waals surface area (Å²) in [6.45, 7) is 2.04.